The lowest BCUT2D eigenvalue weighted by molar-refractivity contribution is -0.134. The minimum Gasteiger partial charge on any atom is -0.387 e. The summed E-state index contributed by atoms with van der Waals surface area (Å²) in [5, 5.41) is 29.9. The molecule has 0 bridgehead atoms. The number of nitrogens with zero attached hydrogens (tertiary/aromatic N) is 10. The summed E-state index contributed by atoms with van der Waals surface area (Å²) in [4.78, 5) is 52.7. The number of hydrogen-bond donors (Lipinski definition) is 2. The molecule has 2 atom stereocenters. The molecular weight excluding hydrogens is 693 g/mol. The van der Waals surface area contributed by atoms with Crippen molar-refractivity contribution >= 4 is 51.2 Å². The molecule has 0 aliphatic carbocycles. The van der Waals surface area contributed by atoms with E-state index in [0.717, 1.165) is 75.6 Å². The summed E-state index contributed by atoms with van der Waals surface area (Å²) < 4.78 is 1.77. The third kappa shape index (κ3) is 6.99. The number of nitriles is 1. The van der Waals surface area contributed by atoms with Crippen molar-refractivity contribution in [2.45, 2.75) is 38.0 Å². The van der Waals surface area contributed by atoms with Crippen LogP contribution >= 0.6 is 11.3 Å². The van der Waals surface area contributed by atoms with Crippen molar-refractivity contribution in [3.05, 3.63) is 66.1 Å². The summed E-state index contributed by atoms with van der Waals surface area (Å²) in [7, 11) is 1.86. The molecule has 3 aliphatic rings. The van der Waals surface area contributed by atoms with E-state index in [1.165, 1.54) is 11.3 Å². The second-order valence-electron chi connectivity index (χ2n) is 13.6. The summed E-state index contributed by atoms with van der Waals surface area (Å²) in [5.74, 6) is 0.671. The van der Waals surface area contributed by atoms with Gasteiger partial charge in [-0.2, -0.15) is 10.4 Å². The zero-order valence-electron chi connectivity index (χ0n) is 29.2. The van der Waals surface area contributed by atoms with Crippen LogP contribution < -0.4 is 20.4 Å². The van der Waals surface area contributed by atoms with Gasteiger partial charge in [0.2, 0.25) is 22.9 Å². The van der Waals surface area contributed by atoms with Gasteiger partial charge in [0.15, 0.2) is 5.01 Å². The Morgan fingerprint density at radius 1 is 1.00 bits per heavy atom. The van der Waals surface area contributed by atoms with Crippen molar-refractivity contribution in [2.75, 3.05) is 61.4 Å². The summed E-state index contributed by atoms with van der Waals surface area (Å²) in [5.41, 5.74) is 5.41. The van der Waals surface area contributed by atoms with Crippen molar-refractivity contribution in [2.24, 2.45) is 5.92 Å². The van der Waals surface area contributed by atoms with E-state index in [-0.39, 0.29) is 23.6 Å². The lowest BCUT2D eigenvalue weighted by Crippen LogP contribution is -2.48. The van der Waals surface area contributed by atoms with Crippen LogP contribution in [-0.4, -0.2) is 98.7 Å². The Kier molecular flexibility index (Phi) is 9.40. The van der Waals surface area contributed by atoms with Gasteiger partial charge < -0.3 is 20.0 Å². The molecule has 5 aromatic rings. The van der Waals surface area contributed by atoms with Crippen LogP contribution in [0.4, 0.5) is 16.6 Å². The second kappa shape index (κ2) is 14.6. The van der Waals surface area contributed by atoms with Crippen LogP contribution in [0.1, 0.15) is 49.1 Å². The highest BCUT2D eigenvalue weighted by Crippen LogP contribution is 2.36. The third-order valence-electron chi connectivity index (χ3n) is 10.4. The molecule has 3 saturated heterocycles. The number of carbonyl (C=O) groups is 3. The maximum absolute atomic E-state index is 13.2. The van der Waals surface area contributed by atoms with Crippen LogP contribution in [0.2, 0.25) is 0 Å². The zero-order chi connectivity index (χ0) is 36.5. The van der Waals surface area contributed by atoms with Gasteiger partial charge in [0.25, 0.3) is 0 Å². The first-order valence-electron chi connectivity index (χ1n) is 17.8. The first-order valence-corrected chi connectivity index (χ1v) is 18.7. The molecule has 3 amide bonds. The average molecular weight is 731 g/mol. The van der Waals surface area contributed by atoms with Crippen molar-refractivity contribution < 1.29 is 14.4 Å². The number of imide groups is 1. The van der Waals surface area contributed by atoms with E-state index in [1.54, 1.807) is 29.2 Å². The van der Waals surface area contributed by atoms with E-state index in [9.17, 15) is 19.6 Å². The van der Waals surface area contributed by atoms with Crippen molar-refractivity contribution in [3.63, 3.8) is 0 Å². The second-order valence-corrected chi connectivity index (χ2v) is 14.6. The number of anilines is 3. The van der Waals surface area contributed by atoms with Gasteiger partial charge in [0, 0.05) is 77.2 Å². The standard InChI is InChI=1S/C37H38N12O3S/c1-39-29-17-30(31-6-4-26-16-24(18-38)19-42-49(26)31)40-21-28(29)36-44-45-37(53-36)47-14-12-46(13-15-47)34(51)9-2-23-10-11-48(22-23)32-7-3-25(20-41-32)27-5-8-33(50)43-35(27)52/h3-4,6-7,16-17,19-21,23,27H,2,5,8-15,22H2,1H3,(H,39,40)(H,43,50,52). The fraction of sp³-hybridized carbons (Fsp3) is 0.378. The van der Waals surface area contributed by atoms with Gasteiger partial charge in [0.05, 0.1) is 40.1 Å². The van der Waals surface area contributed by atoms with E-state index in [4.69, 9.17) is 4.98 Å². The quantitative estimate of drug-likeness (QED) is 0.211. The summed E-state index contributed by atoms with van der Waals surface area (Å²) in [6.07, 6.45) is 8.31. The highest BCUT2D eigenvalue weighted by atomic mass is 32.1. The number of fused-ring (bicyclic) bond motifs is 1. The summed E-state index contributed by atoms with van der Waals surface area (Å²) in [6.45, 7) is 4.40. The number of rotatable bonds is 9. The SMILES string of the molecule is CNc1cc(-c2ccc3cc(C#N)cnn23)ncc1-c1nnc(N2CCN(C(=O)CCC3CCN(c4ccc(C5CCC(=O)NC5=O)cn4)C3)CC2)s1. The highest BCUT2D eigenvalue weighted by Gasteiger charge is 2.30. The Balaban J connectivity index is 0.822. The van der Waals surface area contributed by atoms with Crippen molar-refractivity contribution in [1.29, 1.82) is 5.26 Å². The maximum atomic E-state index is 13.2. The van der Waals surface area contributed by atoms with E-state index in [0.29, 0.717) is 56.9 Å². The first-order chi connectivity index (χ1) is 25.9. The van der Waals surface area contributed by atoms with E-state index in [2.05, 4.69) is 46.8 Å². The molecule has 0 spiro atoms. The van der Waals surface area contributed by atoms with Crippen LogP contribution in [0.15, 0.2) is 55.0 Å². The van der Waals surface area contributed by atoms with Crippen LogP contribution in [0.25, 0.3) is 27.5 Å². The molecule has 2 unspecified atom stereocenters. The van der Waals surface area contributed by atoms with Crippen molar-refractivity contribution in [3.8, 4) is 28.0 Å². The molecule has 0 aromatic carbocycles. The van der Waals surface area contributed by atoms with Gasteiger partial charge in [-0.05, 0) is 61.1 Å². The molecule has 3 fully saturated rings. The maximum Gasteiger partial charge on any atom is 0.234 e. The largest absolute Gasteiger partial charge is 0.387 e. The molecule has 15 nitrogen and oxygen atoms in total. The number of amides is 3. The predicted octanol–water partition coefficient (Wildman–Crippen LogP) is 3.70. The molecular formula is C37H38N12O3S. The van der Waals surface area contributed by atoms with Crippen LogP contribution in [0, 0.1) is 17.2 Å². The monoisotopic (exact) mass is 730 g/mol. The molecule has 0 saturated carbocycles. The number of pyridine rings is 2. The van der Waals surface area contributed by atoms with Gasteiger partial charge in [-0.3, -0.25) is 24.7 Å². The minimum atomic E-state index is -0.338. The van der Waals surface area contributed by atoms with Gasteiger partial charge in [0.1, 0.15) is 11.9 Å². The fourth-order valence-electron chi connectivity index (χ4n) is 7.39. The molecule has 8 rings (SSSR count). The summed E-state index contributed by atoms with van der Waals surface area (Å²) >= 11 is 1.51. The molecule has 0 radical (unpaired) electrons. The number of piperidine rings is 1. The van der Waals surface area contributed by atoms with Gasteiger partial charge in [-0.25, -0.2) is 9.50 Å². The van der Waals surface area contributed by atoms with Gasteiger partial charge in [-0.15, -0.1) is 10.2 Å². The first kappa shape index (κ1) is 34.2. The van der Waals surface area contributed by atoms with Gasteiger partial charge >= 0.3 is 0 Å². The summed E-state index contributed by atoms with van der Waals surface area (Å²) in [6, 6.07) is 13.6. The minimum absolute atomic E-state index is 0.189. The Morgan fingerprint density at radius 3 is 2.64 bits per heavy atom. The molecule has 16 heteroatoms. The number of piperazine rings is 1. The van der Waals surface area contributed by atoms with Crippen LogP contribution in [0.3, 0.4) is 0 Å². The Labute approximate surface area is 309 Å². The smallest absolute Gasteiger partial charge is 0.234 e. The zero-order valence-corrected chi connectivity index (χ0v) is 30.1. The normalized spacial score (nSPS) is 19.1. The van der Waals surface area contributed by atoms with Crippen molar-refractivity contribution in [1.82, 2.24) is 40.0 Å². The number of nitrogens with one attached hydrogen (secondary N) is 2. The van der Waals surface area contributed by atoms with E-state index >= 15 is 0 Å². The molecule has 270 valence electrons. The Morgan fingerprint density at radius 2 is 1.87 bits per heavy atom. The molecule has 2 N–H and O–H groups in total. The molecule has 5 aromatic heterocycles. The topological polar surface area (TPSA) is 178 Å². The number of aromatic nitrogens is 6. The number of carbonyl (C=O) groups excluding carboxylic acids is 3. The third-order valence-corrected chi connectivity index (χ3v) is 11.4. The Hall–Kier alpha value is -5.95. The average Bonchev–Trinajstić information content (AvgIpc) is 3.97. The van der Waals surface area contributed by atoms with E-state index in [1.807, 2.05) is 42.3 Å². The lowest BCUT2D eigenvalue weighted by Gasteiger charge is -2.34. The fourth-order valence-corrected chi connectivity index (χ4v) is 8.31. The van der Waals surface area contributed by atoms with Crippen LogP contribution in [-0.2, 0) is 14.4 Å². The lowest BCUT2D eigenvalue weighted by atomic mass is 9.92. The van der Waals surface area contributed by atoms with E-state index < -0.39 is 0 Å². The highest BCUT2D eigenvalue weighted by molar-refractivity contribution is 7.18. The molecule has 3 aliphatic heterocycles. The van der Waals surface area contributed by atoms with Crippen LogP contribution in [0.5, 0.6) is 0 Å². The number of hydrogen-bond acceptors (Lipinski definition) is 13. The molecule has 53 heavy (non-hydrogen) atoms. The van der Waals surface area contributed by atoms with Gasteiger partial charge in [-0.1, -0.05) is 17.4 Å². The predicted molar refractivity (Wildman–Crippen MR) is 199 cm³/mol. The molecule has 8 heterocycles. The Bertz CT molecular complexity index is 2220.